The summed E-state index contributed by atoms with van der Waals surface area (Å²) < 4.78 is 0. The maximum atomic E-state index is 9.67. The molecule has 0 aliphatic carbocycles. The van der Waals surface area contributed by atoms with E-state index in [-0.39, 0.29) is 0 Å². The molecule has 0 radical (unpaired) electrons. The highest BCUT2D eigenvalue weighted by Crippen LogP contribution is 2.20. The molecule has 0 spiro atoms. The number of aliphatic hydroxyl groups is 1. The zero-order valence-electron chi connectivity index (χ0n) is 7.67. The maximum Gasteiger partial charge on any atom is 0.184 e. The van der Waals surface area contributed by atoms with Crippen molar-refractivity contribution in [3.63, 3.8) is 0 Å². The first-order valence-corrected chi connectivity index (χ1v) is 5.36. The lowest BCUT2D eigenvalue weighted by Gasteiger charge is -2.20. The van der Waals surface area contributed by atoms with E-state index >= 15 is 0 Å². The lowest BCUT2D eigenvalue weighted by molar-refractivity contribution is 0.0697. The van der Waals surface area contributed by atoms with Gasteiger partial charge in [-0.15, -0.1) is 11.3 Å². The summed E-state index contributed by atoms with van der Waals surface area (Å²) in [4.78, 5) is 4.01. The molecule has 13 heavy (non-hydrogen) atoms. The lowest BCUT2D eigenvalue weighted by Crippen LogP contribution is -2.32. The van der Waals surface area contributed by atoms with Gasteiger partial charge in [0.1, 0.15) is 5.15 Å². The largest absolute Gasteiger partial charge is 0.388 e. The predicted octanol–water partition coefficient (Wildman–Crippen LogP) is 2.37. The molecule has 0 amide bonds. The van der Waals surface area contributed by atoms with Crippen molar-refractivity contribution in [1.82, 2.24) is 4.98 Å². The van der Waals surface area contributed by atoms with Gasteiger partial charge < -0.3 is 10.4 Å². The molecule has 1 aromatic rings. The van der Waals surface area contributed by atoms with E-state index in [1.54, 1.807) is 12.3 Å². The zero-order chi connectivity index (χ0) is 9.90. The van der Waals surface area contributed by atoms with Gasteiger partial charge in [0.15, 0.2) is 5.13 Å². The van der Waals surface area contributed by atoms with Gasteiger partial charge in [-0.2, -0.15) is 0 Å². The third-order valence-electron chi connectivity index (χ3n) is 1.86. The quantitative estimate of drug-likeness (QED) is 0.819. The molecule has 1 aromatic heterocycles. The maximum absolute atomic E-state index is 9.67. The standard InChI is InChI=1S/C8H13ClN2OS/c1-3-8(2,12)5-10-7-11-6(9)4-13-7/h4,12H,3,5H2,1-2H3,(H,10,11). The molecule has 0 aliphatic rings. The van der Waals surface area contributed by atoms with Gasteiger partial charge in [0.25, 0.3) is 0 Å². The molecule has 0 saturated heterocycles. The molecular weight excluding hydrogens is 208 g/mol. The Hall–Kier alpha value is -0.320. The van der Waals surface area contributed by atoms with E-state index in [1.807, 2.05) is 6.92 Å². The van der Waals surface area contributed by atoms with Crippen LogP contribution in [0.4, 0.5) is 5.13 Å². The van der Waals surface area contributed by atoms with Crippen LogP contribution in [0.5, 0.6) is 0 Å². The van der Waals surface area contributed by atoms with Crippen LogP contribution in [0, 0.1) is 0 Å². The van der Waals surface area contributed by atoms with Gasteiger partial charge in [0.2, 0.25) is 0 Å². The molecule has 2 N–H and O–H groups in total. The van der Waals surface area contributed by atoms with Crippen molar-refractivity contribution in [3.8, 4) is 0 Å². The van der Waals surface area contributed by atoms with Crippen LogP contribution in [0.15, 0.2) is 5.38 Å². The van der Waals surface area contributed by atoms with E-state index in [0.717, 1.165) is 5.13 Å². The fourth-order valence-electron chi connectivity index (χ4n) is 0.726. The molecule has 0 aliphatic heterocycles. The molecule has 1 rings (SSSR count). The number of nitrogens with one attached hydrogen (secondary N) is 1. The van der Waals surface area contributed by atoms with Crippen LogP contribution in [-0.4, -0.2) is 22.2 Å². The molecule has 74 valence electrons. The topological polar surface area (TPSA) is 45.1 Å². The number of nitrogens with zero attached hydrogens (tertiary/aromatic N) is 1. The van der Waals surface area contributed by atoms with Gasteiger partial charge in [-0.25, -0.2) is 4.98 Å². The SMILES string of the molecule is CCC(C)(O)CNc1nc(Cl)cs1. The second kappa shape index (κ2) is 4.26. The van der Waals surface area contributed by atoms with Crippen molar-refractivity contribution >= 4 is 28.1 Å². The Morgan fingerprint density at radius 2 is 2.46 bits per heavy atom. The lowest BCUT2D eigenvalue weighted by atomic mass is 10.0. The molecule has 3 nitrogen and oxygen atoms in total. The summed E-state index contributed by atoms with van der Waals surface area (Å²) >= 11 is 7.08. The predicted molar refractivity (Wildman–Crippen MR) is 56.5 cm³/mol. The van der Waals surface area contributed by atoms with Gasteiger partial charge in [-0.1, -0.05) is 18.5 Å². The highest BCUT2D eigenvalue weighted by molar-refractivity contribution is 7.14. The first kappa shape index (κ1) is 10.8. The number of thiazole rings is 1. The van der Waals surface area contributed by atoms with Crippen LogP contribution in [0.25, 0.3) is 0 Å². The highest BCUT2D eigenvalue weighted by Gasteiger charge is 2.17. The van der Waals surface area contributed by atoms with Crippen molar-refractivity contribution in [2.45, 2.75) is 25.9 Å². The summed E-state index contributed by atoms with van der Waals surface area (Å²) in [7, 11) is 0. The van der Waals surface area contributed by atoms with E-state index in [2.05, 4.69) is 10.3 Å². The number of hydrogen-bond donors (Lipinski definition) is 2. The summed E-state index contributed by atoms with van der Waals surface area (Å²) in [6.07, 6.45) is 0.707. The smallest absolute Gasteiger partial charge is 0.184 e. The molecule has 0 fully saturated rings. The van der Waals surface area contributed by atoms with Gasteiger partial charge in [0.05, 0.1) is 5.60 Å². The molecule has 0 aromatic carbocycles. The number of rotatable bonds is 4. The summed E-state index contributed by atoms with van der Waals surface area (Å²) in [5.74, 6) is 0. The molecule has 5 heteroatoms. The van der Waals surface area contributed by atoms with Gasteiger partial charge in [0, 0.05) is 11.9 Å². The Balaban J connectivity index is 2.43. The minimum atomic E-state index is -0.682. The first-order valence-electron chi connectivity index (χ1n) is 4.11. The fraction of sp³-hybridized carbons (Fsp3) is 0.625. The van der Waals surface area contributed by atoms with E-state index in [4.69, 9.17) is 11.6 Å². The minimum Gasteiger partial charge on any atom is -0.388 e. The average molecular weight is 221 g/mol. The van der Waals surface area contributed by atoms with Crippen molar-refractivity contribution in [3.05, 3.63) is 10.5 Å². The second-order valence-electron chi connectivity index (χ2n) is 3.18. The second-order valence-corrected chi connectivity index (χ2v) is 4.42. The van der Waals surface area contributed by atoms with Crippen LogP contribution in [0.2, 0.25) is 5.15 Å². The van der Waals surface area contributed by atoms with E-state index in [0.29, 0.717) is 18.1 Å². The summed E-state index contributed by atoms with van der Waals surface area (Å²) in [6, 6.07) is 0. The van der Waals surface area contributed by atoms with Crippen LogP contribution >= 0.6 is 22.9 Å². The van der Waals surface area contributed by atoms with Gasteiger partial charge in [-0.05, 0) is 13.3 Å². The van der Waals surface area contributed by atoms with E-state index in [9.17, 15) is 5.11 Å². The average Bonchev–Trinajstić information content (AvgIpc) is 2.48. The number of aromatic nitrogens is 1. The first-order chi connectivity index (χ1) is 6.03. The van der Waals surface area contributed by atoms with Crippen LogP contribution in [0.3, 0.4) is 0 Å². The Labute approximate surface area is 86.8 Å². The van der Waals surface area contributed by atoms with Crippen molar-refractivity contribution in [2.24, 2.45) is 0 Å². The molecule has 0 bridgehead atoms. The van der Waals surface area contributed by atoms with E-state index < -0.39 is 5.60 Å². The number of anilines is 1. The number of hydrogen-bond acceptors (Lipinski definition) is 4. The van der Waals surface area contributed by atoms with Crippen LogP contribution < -0.4 is 5.32 Å². The third kappa shape index (κ3) is 3.50. The zero-order valence-corrected chi connectivity index (χ0v) is 9.24. The Kier molecular flexibility index (Phi) is 3.53. The van der Waals surface area contributed by atoms with Gasteiger partial charge >= 0.3 is 0 Å². The van der Waals surface area contributed by atoms with Crippen molar-refractivity contribution in [1.29, 1.82) is 0 Å². The number of halogens is 1. The van der Waals surface area contributed by atoms with Gasteiger partial charge in [-0.3, -0.25) is 0 Å². The van der Waals surface area contributed by atoms with Crippen molar-refractivity contribution in [2.75, 3.05) is 11.9 Å². The van der Waals surface area contributed by atoms with E-state index in [1.165, 1.54) is 11.3 Å². The molecule has 1 atom stereocenters. The molecular formula is C8H13ClN2OS. The Morgan fingerprint density at radius 1 is 1.77 bits per heavy atom. The summed E-state index contributed by atoms with van der Waals surface area (Å²) in [5, 5.41) is 15.7. The Bertz CT molecular complexity index is 275. The summed E-state index contributed by atoms with van der Waals surface area (Å²) in [6.45, 7) is 4.22. The minimum absolute atomic E-state index is 0.489. The monoisotopic (exact) mass is 220 g/mol. The Morgan fingerprint density at radius 3 is 2.92 bits per heavy atom. The molecule has 1 heterocycles. The van der Waals surface area contributed by atoms with Crippen molar-refractivity contribution < 1.29 is 5.11 Å². The van der Waals surface area contributed by atoms with Crippen LogP contribution in [0.1, 0.15) is 20.3 Å². The molecule has 1 unspecified atom stereocenters. The third-order valence-corrected chi connectivity index (χ3v) is 2.98. The molecule has 0 saturated carbocycles. The van der Waals surface area contributed by atoms with Crippen LogP contribution in [-0.2, 0) is 0 Å². The highest BCUT2D eigenvalue weighted by atomic mass is 35.5. The summed E-state index contributed by atoms with van der Waals surface area (Å²) in [5.41, 5.74) is -0.682. The normalized spacial score (nSPS) is 15.4. The fourth-order valence-corrected chi connectivity index (χ4v) is 1.56.